The molecule has 2 rings (SSSR count). The van der Waals surface area contributed by atoms with Crippen molar-refractivity contribution in [3.63, 3.8) is 0 Å². The van der Waals surface area contributed by atoms with Crippen molar-refractivity contribution < 1.29 is 15.0 Å². The van der Waals surface area contributed by atoms with Crippen molar-refractivity contribution in [3.05, 3.63) is 35.8 Å². The second-order valence-corrected chi connectivity index (χ2v) is 4.40. The molecule has 0 saturated heterocycles. The summed E-state index contributed by atoms with van der Waals surface area (Å²) in [5.41, 5.74) is 0.991. The SMILES string of the molecule is O=C(O)c1ccc(-n2cc(CCCCCO)nn2)nc1. The van der Waals surface area contributed by atoms with E-state index in [2.05, 4.69) is 15.3 Å². The van der Waals surface area contributed by atoms with Crippen molar-refractivity contribution in [1.82, 2.24) is 20.0 Å². The van der Waals surface area contributed by atoms with Gasteiger partial charge in [-0.25, -0.2) is 14.5 Å². The topological polar surface area (TPSA) is 101 Å². The molecule has 0 fully saturated rings. The molecule has 0 spiro atoms. The highest BCUT2D eigenvalue weighted by Crippen LogP contribution is 2.08. The molecule has 7 nitrogen and oxygen atoms in total. The molecule has 20 heavy (non-hydrogen) atoms. The van der Waals surface area contributed by atoms with E-state index in [-0.39, 0.29) is 12.2 Å². The number of aromatic carboxylic acids is 1. The largest absolute Gasteiger partial charge is 0.478 e. The molecule has 0 saturated carbocycles. The van der Waals surface area contributed by atoms with Crippen LogP contribution in [0.4, 0.5) is 0 Å². The lowest BCUT2D eigenvalue weighted by Crippen LogP contribution is -2.01. The Morgan fingerprint density at radius 1 is 1.25 bits per heavy atom. The minimum atomic E-state index is -1.01. The fourth-order valence-electron chi connectivity index (χ4n) is 1.77. The Morgan fingerprint density at radius 2 is 2.10 bits per heavy atom. The van der Waals surface area contributed by atoms with Gasteiger partial charge in [0.2, 0.25) is 0 Å². The van der Waals surface area contributed by atoms with Crippen LogP contribution in [0, 0.1) is 0 Å². The number of nitrogens with zero attached hydrogens (tertiary/aromatic N) is 4. The van der Waals surface area contributed by atoms with Crippen molar-refractivity contribution in [2.45, 2.75) is 25.7 Å². The lowest BCUT2D eigenvalue weighted by Gasteiger charge is -1.99. The average molecular weight is 276 g/mol. The number of hydrogen-bond acceptors (Lipinski definition) is 5. The zero-order valence-corrected chi connectivity index (χ0v) is 10.9. The van der Waals surface area contributed by atoms with Gasteiger partial charge in [0.15, 0.2) is 5.82 Å². The number of carboxylic acids is 1. The fraction of sp³-hybridized carbons (Fsp3) is 0.385. The first-order chi connectivity index (χ1) is 9.70. The van der Waals surface area contributed by atoms with Gasteiger partial charge >= 0.3 is 5.97 Å². The molecule has 106 valence electrons. The van der Waals surface area contributed by atoms with Gasteiger partial charge in [-0.2, -0.15) is 0 Å². The summed E-state index contributed by atoms with van der Waals surface area (Å²) in [5, 5.41) is 25.5. The number of aliphatic hydroxyl groups is 1. The second-order valence-electron chi connectivity index (χ2n) is 4.40. The Morgan fingerprint density at radius 3 is 2.75 bits per heavy atom. The maximum atomic E-state index is 10.7. The van der Waals surface area contributed by atoms with Crippen LogP contribution in [-0.4, -0.2) is 42.8 Å². The van der Waals surface area contributed by atoms with E-state index in [1.807, 2.05) is 0 Å². The maximum absolute atomic E-state index is 10.7. The summed E-state index contributed by atoms with van der Waals surface area (Å²) in [6.07, 6.45) is 6.57. The monoisotopic (exact) mass is 276 g/mol. The molecule has 2 heterocycles. The predicted molar refractivity (Wildman–Crippen MR) is 70.8 cm³/mol. The van der Waals surface area contributed by atoms with Crippen molar-refractivity contribution >= 4 is 5.97 Å². The molecule has 0 aliphatic carbocycles. The third kappa shape index (κ3) is 3.61. The van der Waals surface area contributed by atoms with Gasteiger partial charge in [-0.15, -0.1) is 5.10 Å². The zero-order chi connectivity index (χ0) is 14.4. The van der Waals surface area contributed by atoms with E-state index >= 15 is 0 Å². The number of unbranched alkanes of at least 4 members (excludes halogenated alkanes) is 2. The van der Waals surface area contributed by atoms with Crippen LogP contribution in [0.25, 0.3) is 5.82 Å². The molecule has 0 radical (unpaired) electrons. The molecule has 0 aliphatic heterocycles. The van der Waals surface area contributed by atoms with Gasteiger partial charge in [0.1, 0.15) is 0 Å². The molecule has 2 aromatic rings. The van der Waals surface area contributed by atoms with Crippen LogP contribution in [0.3, 0.4) is 0 Å². The summed E-state index contributed by atoms with van der Waals surface area (Å²) in [5.74, 6) is -0.476. The van der Waals surface area contributed by atoms with Crippen LogP contribution in [0.15, 0.2) is 24.5 Å². The van der Waals surface area contributed by atoms with E-state index in [1.165, 1.54) is 16.9 Å². The Bertz CT molecular complexity index is 565. The minimum Gasteiger partial charge on any atom is -0.478 e. The molecule has 2 N–H and O–H groups in total. The Hall–Kier alpha value is -2.28. The Labute approximate surface area is 115 Å². The third-order valence-electron chi connectivity index (χ3n) is 2.86. The molecular weight excluding hydrogens is 260 g/mol. The normalized spacial score (nSPS) is 10.7. The number of hydrogen-bond donors (Lipinski definition) is 2. The summed E-state index contributed by atoms with van der Waals surface area (Å²) in [6, 6.07) is 3.07. The van der Waals surface area contributed by atoms with Crippen LogP contribution in [0.5, 0.6) is 0 Å². The Kier molecular flexibility index (Phi) is 4.78. The number of pyridine rings is 1. The standard InChI is InChI=1S/C13H16N4O3/c18-7-3-1-2-4-11-9-17(16-15-11)12-6-5-10(8-14-12)13(19)20/h5-6,8-9,18H,1-4,7H2,(H,19,20). The number of aliphatic hydroxyl groups excluding tert-OH is 1. The number of aryl methyl sites for hydroxylation is 1. The first-order valence-electron chi connectivity index (χ1n) is 6.42. The van der Waals surface area contributed by atoms with Gasteiger partial charge in [-0.3, -0.25) is 0 Å². The summed E-state index contributed by atoms with van der Waals surface area (Å²) < 4.78 is 1.52. The van der Waals surface area contributed by atoms with Crippen LogP contribution in [0.2, 0.25) is 0 Å². The average Bonchev–Trinajstić information content (AvgIpc) is 2.92. The van der Waals surface area contributed by atoms with E-state index in [4.69, 9.17) is 10.2 Å². The third-order valence-corrected chi connectivity index (χ3v) is 2.86. The van der Waals surface area contributed by atoms with Crippen molar-refractivity contribution in [2.24, 2.45) is 0 Å². The van der Waals surface area contributed by atoms with E-state index < -0.39 is 5.97 Å². The van der Waals surface area contributed by atoms with Gasteiger partial charge in [0.05, 0.1) is 17.5 Å². The van der Waals surface area contributed by atoms with Crippen LogP contribution in [0.1, 0.15) is 35.3 Å². The number of carboxylic acid groups (broad SMARTS) is 1. The zero-order valence-electron chi connectivity index (χ0n) is 10.9. The van der Waals surface area contributed by atoms with Crippen LogP contribution < -0.4 is 0 Å². The smallest absolute Gasteiger partial charge is 0.337 e. The molecule has 0 amide bonds. The van der Waals surface area contributed by atoms with Crippen molar-refractivity contribution in [2.75, 3.05) is 6.61 Å². The highest BCUT2D eigenvalue weighted by molar-refractivity contribution is 5.87. The fourth-order valence-corrected chi connectivity index (χ4v) is 1.77. The molecule has 0 aromatic carbocycles. The van der Waals surface area contributed by atoms with Crippen LogP contribution in [-0.2, 0) is 6.42 Å². The molecular formula is C13H16N4O3. The lowest BCUT2D eigenvalue weighted by molar-refractivity contribution is 0.0696. The van der Waals surface area contributed by atoms with Gasteiger partial charge in [-0.1, -0.05) is 11.6 Å². The summed E-state index contributed by atoms with van der Waals surface area (Å²) in [4.78, 5) is 14.8. The maximum Gasteiger partial charge on any atom is 0.337 e. The van der Waals surface area contributed by atoms with E-state index in [0.717, 1.165) is 31.4 Å². The molecule has 0 aliphatic rings. The molecule has 0 unspecified atom stereocenters. The van der Waals surface area contributed by atoms with Gasteiger partial charge in [0, 0.05) is 12.8 Å². The summed E-state index contributed by atoms with van der Waals surface area (Å²) in [7, 11) is 0. The summed E-state index contributed by atoms with van der Waals surface area (Å²) >= 11 is 0. The predicted octanol–water partition coefficient (Wildman–Crippen LogP) is 1.07. The highest BCUT2D eigenvalue weighted by atomic mass is 16.4. The van der Waals surface area contributed by atoms with Gasteiger partial charge < -0.3 is 10.2 Å². The van der Waals surface area contributed by atoms with Crippen LogP contribution >= 0.6 is 0 Å². The summed E-state index contributed by atoms with van der Waals surface area (Å²) in [6.45, 7) is 0.215. The van der Waals surface area contributed by atoms with Crippen molar-refractivity contribution in [1.29, 1.82) is 0 Å². The minimum absolute atomic E-state index is 0.137. The van der Waals surface area contributed by atoms with E-state index in [1.54, 1.807) is 12.3 Å². The molecule has 7 heteroatoms. The second kappa shape index (κ2) is 6.76. The quantitative estimate of drug-likeness (QED) is 0.733. The number of carbonyl (C=O) groups is 1. The van der Waals surface area contributed by atoms with Gasteiger partial charge in [-0.05, 0) is 31.4 Å². The van der Waals surface area contributed by atoms with E-state index in [9.17, 15) is 4.79 Å². The first kappa shape index (κ1) is 14.1. The highest BCUT2D eigenvalue weighted by Gasteiger charge is 2.06. The Balaban J connectivity index is 1.99. The number of aromatic nitrogens is 4. The molecule has 2 aromatic heterocycles. The van der Waals surface area contributed by atoms with Crippen molar-refractivity contribution in [3.8, 4) is 5.82 Å². The van der Waals surface area contributed by atoms with Gasteiger partial charge in [0.25, 0.3) is 0 Å². The first-order valence-corrected chi connectivity index (χ1v) is 6.42. The van der Waals surface area contributed by atoms with E-state index in [0.29, 0.717) is 5.82 Å². The number of rotatable bonds is 7. The molecule has 0 bridgehead atoms. The molecule has 0 atom stereocenters. The lowest BCUT2D eigenvalue weighted by atomic mass is 10.2.